The number of hydrogen-bond acceptors (Lipinski definition) is 12. The minimum atomic E-state index is -4.48. The summed E-state index contributed by atoms with van der Waals surface area (Å²) in [6.45, 7) is 6.73. The summed E-state index contributed by atoms with van der Waals surface area (Å²) < 4.78 is 103. The SMILES string of the molecule is CCCCCCCCCCCCOS(=O)(=O)[O-].CCCCCCCCCCCCOS(=O)(=O)[O-].CCCCCCCCCCCCOS(=O)(=O)[O-].[Gd+3]. The average Bonchev–Trinajstić information content (AvgIpc) is 3.04. The first-order chi connectivity index (χ1) is 24.2. The van der Waals surface area contributed by atoms with E-state index in [2.05, 4.69) is 33.3 Å². The molecule has 0 aliphatic rings. The second kappa shape index (κ2) is 44.6. The maximum atomic E-state index is 10.1. The van der Waals surface area contributed by atoms with Gasteiger partial charge in [0.15, 0.2) is 0 Å². The van der Waals surface area contributed by atoms with Crippen LogP contribution in [0.25, 0.3) is 0 Å². The van der Waals surface area contributed by atoms with Crippen LogP contribution in [0.3, 0.4) is 0 Å². The molecule has 0 rings (SSSR count). The van der Waals surface area contributed by atoms with E-state index < -0.39 is 31.2 Å². The van der Waals surface area contributed by atoms with Gasteiger partial charge in [-0.2, -0.15) is 0 Å². The molecule has 0 atom stereocenters. The van der Waals surface area contributed by atoms with E-state index in [9.17, 15) is 38.9 Å². The van der Waals surface area contributed by atoms with E-state index in [0.717, 1.165) is 38.5 Å². The zero-order valence-corrected chi connectivity index (χ0v) is 37.5. The summed E-state index contributed by atoms with van der Waals surface area (Å²) in [4.78, 5) is 0. The second-order valence-corrected chi connectivity index (χ2v) is 16.4. The van der Waals surface area contributed by atoms with Gasteiger partial charge in [0.2, 0.25) is 31.2 Å². The third-order valence-corrected chi connectivity index (χ3v) is 9.54. The Morgan fingerprint density at radius 1 is 0.288 bits per heavy atom. The molecule has 0 spiro atoms. The van der Waals surface area contributed by atoms with Gasteiger partial charge in [0.25, 0.3) is 0 Å². The van der Waals surface area contributed by atoms with E-state index in [0.29, 0.717) is 19.3 Å². The molecule has 0 aromatic rings. The molecule has 0 aromatic heterocycles. The molecule has 1 radical (unpaired) electrons. The smallest absolute Gasteiger partial charge is 0.726 e. The maximum Gasteiger partial charge on any atom is 3.00 e. The van der Waals surface area contributed by atoms with Crippen molar-refractivity contribution >= 4 is 31.2 Å². The van der Waals surface area contributed by atoms with Crippen LogP contribution in [0.15, 0.2) is 0 Å². The molecule has 16 heteroatoms. The summed E-state index contributed by atoms with van der Waals surface area (Å²) in [5, 5.41) is 0. The second-order valence-electron chi connectivity index (χ2n) is 13.2. The van der Waals surface area contributed by atoms with Gasteiger partial charge in [0.05, 0.1) is 19.8 Å². The van der Waals surface area contributed by atoms with Gasteiger partial charge in [0.1, 0.15) is 0 Å². The van der Waals surface area contributed by atoms with E-state index in [1.165, 1.54) is 135 Å². The summed E-state index contributed by atoms with van der Waals surface area (Å²) in [6.07, 6.45) is 35.1. The Bertz CT molecular complexity index is 883. The van der Waals surface area contributed by atoms with Crippen LogP contribution in [0.2, 0.25) is 0 Å². The molecule has 0 aromatic carbocycles. The molecule has 0 fully saturated rings. The fourth-order valence-electron chi connectivity index (χ4n) is 5.25. The summed E-state index contributed by atoms with van der Waals surface area (Å²) in [5.74, 6) is 0. The summed E-state index contributed by atoms with van der Waals surface area (Å²) in [6, 6.07) is 0. The molecule has 12 nitrogen and oxygen atoms in total. The normalized spacial score (nSPS) is 11.7. The number of rotatable bonds is 36. The Labute approximate surface area is 353 Å². The third kappa shape index (κ3) is 68.9. The molecule has 0 unspecified atom stereocenters. The van der Waals surface area contributed by atoms with Gasteiger partial charge in [-0.05, 0) is 19.3 Å². The van der Waals surface area contributed by atoms with E-state index in [-0.39, 0.29) is 59.8 Å². The van der Waals surface area contributed by atoms with E-state index in [1.54, 1.807) is 0 Å². The largest absolute Gasteiger partial charge is 3.00 e. The van der Waals surface area contributed by atoms with Crippen LogP contribution in [-0.4, -0.2) is 58.7 Å². The monoisotopic (exact) mass is 953 g/mol. The first-order valence-electron chi connectivity index (χ1n) is 20.0. The van der Waals surface area contributed by atoms with E-state index >= 15 is 0 Å². The van der Waals surface area contributed by atoms with Crippen molar-refractivity contribution in [3.05, 3.63) is 0 Å². The summed E-state index contributed by atoms with van der Waals surface area (Å²) >= 11 is 0. The molecule has 0 heterocycles. The van der Waals surface area contributed by atoms with Crippen molar-refractivity contribution < 1.29 is 91.4 Å². The standard InChI is InChI=1S/3C12H26O4S.Gd/c3*1-2-3-4-5-6-7-8-9-10-11-12-16-17(13,14)15;/h3*2-12H2,1H3,(H,13,14,15);/q;;;+3/p-3. The number of hydrogen-bond donors (Lipinski definition) is 0. The van der Waals surface area contributed by atoms with Crippen molar-refractivity contribution in [1.82, 2.24) is 0 Å². The predicted octanol–water partition coefficient (Wildman–Crippen LogP) is 10.2. The van der Waals surface area contributed by atoms with Gasteiger partial charge in [0, 0.05) is 0 Å². The van der Waals surface area contributed by atoms with Crippen LogP contribution in [0.5, 0.6) is 0 Å². The molecule has 0 amide bonds. The fraction of sp³-hybridized carbons (Fsp3) is 1.00. The van der Waals surface area contributed by atoms with Crippen molar-refractivity contribution in [1.29, 1.82) is 0 Å². The molecule has 0 aliphatic heterocycles. The molecule has 0 saturated heterocycles. The molecular weight excluding hydrogens is 878 g/mol. The molecular formula is C36H75GdO12S3. The molecule has 317 valence electrons. The van der Waals surface area contributed by atoms with Crippen LogP contribution in [0, 0.1) is 39.9 Å². The van der Waals surface area contributed by atoms with Crippen LogP contribution in [0.4, 0.5) is 0 Å². The van der Waals surface area contributed by atoms with Crippen LogP contribution in [0.1, 0.15) is 213 Å². The zero-order valence-electron chi connectivity index (χ0n) is 32.8. The van der Waals surface area contributed by atoms with Crippen molar-refractivity contribution in [3.8, 4) is 0 Å². The fourth-order valence-corrected chi connectivity index (χ4v) is 6.22. The Morgan fingerprint density at radius 2 is 0.423 bits per heavy atom. The minimum Gasteiger partial charge on any atom is -0.726 e. The molecule has 0 saturated carbocycles. The Balaban J connectivity index is -0.000000329. The van der Waals surface area contributed by atoms with Crippen molar-refractivity contribution in [3.63, 3.8) is 0 Å². The third-order valence-electron chi connectivity index (χ3n) is 8.18. The summed E-state index contributed by atoms with van der Waals surface area (Å²) in [7, 11) is -13.5. The minimum absolute atomic E-state index is 0. The van der Waals surface area contributed by atoms with Crippen LogP contribution in [-0.2, 0) is 43.7 Å². The molecule has 0 N–H and O–H groups in total. The van der Waals surface area contributed by atoms with Crippen molar-refractivity contribution in [2.75, 3.05) is 19.8 Å². The first-order valence-corrected chi connectivity index (χ1v) is 24.0. The molecule has 0 aliphatic carbocycles. The Morgan fingerprint density at radius 3 is 0.558 bits per heavy atom. The average molecular weight is 953 g/mol. The van der Waals surface area contributed by atoms with E-state index in [1.807, 2.05) is 0 Å². The Kier molecular flexibility index (Phi) is 51.2. The van der Waals surface area contributed by atoms with Crippen LogP contribution < -0.4 is 0 Å². The quantitative estimate of drug-likeness (QED) is 0.0328. The topological polar surface area (TPSA) is 199 Å². The van der Waals surface area contributed by atoms with Crippen molar-refractivity contribution in [2.45, 2.75) is 213 Å². The first kappa shape index (κ1) is 59.6. The number of unbranched alkanes of at least 4 members (excludes halogenated alkanes) is 27. The van der Waals surface area contributed by atoms with Gasteiger partial charge in [-0.1, -0.05) is 194 Å². The van der Waals surface area contributed by atoms with Gasteiger partial charge < -0.3 is 13.7 Å². The predicted molar refractivity (Wildman–Crippen MR) is 202 cm³/mol. The molecule has 0 bridgehead atoms. The van der Waals surface area contributed by atoms with Gasteiger partial charge in [-0.25, -0.2) is 25.3 Å². The van der Waals surface area contributed by atoms with E-state index in [4.69, 9.17) is 0 Å². The van der Waals surface area contributed by atoms with Crippen molar-refractivity contribution in [2.24, 2.45) is 0 Å². The maximum absolute atomic E-state index is 10.1. The van der Waals surface area contributed by atoms with Gasteiger partial charge in [-0.15, -0.1) is 0 Å². The summed E-state index contributed by atoms with van der Waals surface area (Å²) in [5.41, 5.74) is 0. The zero-order chi connectivity index (χ0) is 39.0. The Hall–Kier alpha value is 0.935. The van der Waals surface area contributed by atoms with Gasteiger partial charge in [-0.3, -0.25) is 12.5 Å². The molecule has 52 heavy (non-hydrogen) atoms. The van der Waals surface area contributed by atoms with Gasteiger partial charge >= 0.3 is 39.9 Å². The van der Waals surface area contributed by atoms with Crippen LogP contribution >= 0.6 is 0 Å².